The first kappa shape index (κ1) is 12.9. The number of hydrogen-bond donors (Lipinski definition) is 1. The third-order valence-electron chi connectivity index (χ3n) is 2.51. The number of aromatic amines is 1. The smallest absolute Gasteiger partial charge is 0.284 e. The zero-order valence-corrected chi connectivity index (χ0v) is 10.1. The molecule has 0 fully saturated rings. The Bertz CT molecular complexity index is 696. The van der Waals surface area contributed by atoms with Gasteiger partial charge in [0, 0.05) is 6.54 Å². The Morgan fingerprint density at radius 2 is 2.06 bits per heavy atom. The summed E-state index contributed by atoms with van der Waals surface area (Å²) in [6.45, 7) is 1.18. The van der Waals surface area contributed by atoms with Crippen LogP contribution in [-0.2, 0) is 6.54 Å². The molecule has 0 bridgehead atoms. The third kappa shape index (κ3) is 2.33. The number of nitrogens with zero attached hydrogens (tertiary/aromatic N) is 1. The maximum atomic E-state index is 12.2. The topological polar surface area (TPSA) is 54.9 Å². The molecule has 0 unspecified atom stereocenters. The van der Waals surface area contributed by atoms with Gasteiger partial charge < -0.3 is 0 Å². The van der Waals surface area contributed by atoms with Gasteiger partial charge in [-0.05, 0) is 17.9 Å². The molecule has 2 aromatic rings. The number of alkyl halides is 3. The Hall–Kier alpha value is -1.57. The second kappa shape index (κ2) is 4.27. The van der Waals surface area contributed by atoms with Crippen LogP contribution in [-0.4, -0.2) is 15.7 Å². The van der Waals surface area contributed by atoms with E-state index in [1.807, 2.05) is 4.98 Å². The Morgan fingerprint density at radius 1 is 1.39 bits per heavy atom. The number of fused-ring (bicyclic) bond motifs is 1. The fourth-order valence-corrected chi connectivity index (χ4v) is 2.75. The van der Waals surface area contributed by atoms with E-state index >= 15 is 0 Å². The molecule has 98 valence electrons. The number of rotatable bonds is 2. The molecule has 1 N–H and O–H groups in total. The van der Waals surface area contributed by atoms with Crippen LogP contribution in [0.25, 0.3) is 10.2 Å². The van der Waals surface area contributed by atoms with Gasteiger partial charge in [-0.25, -0.2) is 4.79 Å². The van der Waals surface area contributed by atoms with Crippen LogP contribution in [0.15, 0.2) is 15.0 Å². The SMILES string of the molecule is Cc1csc2c1c(=O)[nH]c(=O)n2CCC(F)(F)F. The fraction of sp³-hybridized carbons (Fsp3) is 0.400. The Morgan fingerprint density at radius 3 is 2.67 bits per heavy atom. The van der Waals surface area contributed by atoms with Crippen LogP contribution in [0.3, 0.4) is 0 Å². The van der Waals surface area contributed by atoms with E-state index in [2.05, 4.69) is 0 Å². The van der Waals surface area contributed by atoms with E-state index in [1.54, 1.807) is 12.3 Å². The van der Waals surface area contributed by atoms with Crippen LogP contribution in [0.1, 0.15) is 12.0 Å². The van der Waals surface area contributed by atoms with Gasteiger partial charge in [-0.3, -0.25) is 14.3 Å². The fourth-order valence-electron chi connectivity index (χ4n) is 1.67. The lowest BCUT2D eigenvalue weighted by molar-refractivity contribution is -0.136. The molecule has 0 amide bonds. The number of H-pyrrole nitrogens is 1. The van der Waals surface area contributed by atoms with E-state index in [1.165, 1.54) is 0 Å². The summed E-state index contributed by atoms with van der Waals surface area (Å²) in [5, 5.41) is 1.92. The molecule has 8 heteroatoms. The van der Waals surface area contributed by atoms with Gasteiger partial charge in [-0.2, -0.15) is 13.2 Å². The minimum absolute atomic E-state index is 0.279. The number of nitrogens with one attached hydrogen (secondary N) is 1. The highest BCUT2D eigenvalue weighted by Gasteiger charge is 2.27. The van der Waals surface area contributed by atoms with Crippen molar-refractivity contribution in [2.45, 2.75) is 26.1 Å². The first-order valence-corrected chi connectivity index (χ1v) is 5.95. The first-order chi connectivity index (χ1) is 8.29. The average molecular weight is 278 g/mol. The standard InChI is InChI=1S/C10H9F3N2O2S/c1-5-4-18-8-6(5)7(16)14-9(17)15(8)3-2-10(11,12)13/h4H,2-3H2,1H3,(H,14,16,17). The van der Waals surface area contributed by atoms with E-state index in [0.717, 1.165) is 15.9 Å². The monoisotopic (exact) mass is 278 g/mol. The summed E-state index contributed by atoms with van der Waals surface area (Å²) in [6, 6.07) is 0. The van der Waals surface area contributed by atoms with Crippen molar-refractivity contribution in [3.05, 3.63) is 31.8 Å². The lowest BCUT2D eigenvalue weighted by Crippen LogP contribution is -2.31. The molecule has 0 aromatic carbocycles. The third-order valence-corrected chi connectivity index (χ3v) is 3.63. The predicted molar refractivity (Wildman–Crippen MR) is 62.1 cm³/mol. The summed E-state index contributed by atoms with van der Waals surface area (Å²) in [4.78, 5) is 25.4. The zero-order valence-electron chi connectivity index (χ0n) is 9.30. The molecule has 2 heterocycles. The highest BCUT2D eigenvalue weighted by Crippen LogP contribution is 2.24. The minimum atomic E-state index is -4.34. The summed E-state index contributed by atoms with van der Waals surface area (Å²) in [6.07, 6.45) is -5.45. The molecule has 18 heavy (non-hydrogen) atoms. The maximum absolute atomic E-state index is 12.2. The van der Waals surface area contributed by atoms with Gasteiger partial charge in [-0.15, -0.1) is 11.3 Å². The predicted octanol–water partition coefficient (Wildman–Crippen LogP) is 2.01. The molecule has 0 radical (unpaired) electrons. The molecule has 2 aromatic heterocycles. The molecule has 0 spiro atoms. The van der Waals surface area contributed by atoms with Gasteiger partial charge >= 0.3 is 11.9 Å². The van der Waals surface area contributed by atoms with Crippen molar-refractivity contribution in [3.63, 3.8) is 0 Å². The second-order valence-corrected chi connectivity index (χ2v) is 4.73. The first-order valence-electron chi connectivity index (χ1n) is 5.07. The molecule has 0 aliphatic carbocycles. The van der Waals surface area contributed by atoms with E-state index in [9.17, 15) is 22.8 Å². The average Bonchev–Trinajstić information content (AvgIpc) is 2.58. The Kier molecular flexibility index (Phi) is 3.05. The summed E-state index contributed by atoms with van der Waals surface area (Å²) < 4.78 is 37.5. The summed E-state index contributed by atoms with van der Waals surface area (Å²) in [7, 11) is 0. The van der Waals surface area contributed by atoms with Crippen molar-refractivity contribution in [2.75, 3.05) is 0 Å². The summed E-state index contributed by atoms with van der Waals surface area (Å²) >= 11 is 1.10. The molecule has 2 rings (SSSR count). The largest absolute Gasteiger partial charge is 0.390 e. The molecule has 0 aliphatic rings. The number of aryl methyl sites for hydroxylation is 2. The number of aromatic nitrogens is 2. The van der Waals surface area contributed by atoms with Crippen LogP contribution >= 0.6 is 11.3 Å². The Labute approximate surface area is 103 Å². The molecule has 0 aliphatic heterocycles. The van der Waals surface area contributed by atoms with Crippen LogP contribution in [0.5, 0.6) is 0 Å². The lowest BCUT2D eigenvalue weighted by atomic mass is 10.3. The summed E-state index contributed by atoms with van der Waals surface area (Å²) in [5.41, 5.74) is -0.715. The molecular weight excluding hydrogens is 269 g/mol. The molecule has 0 saturated carbocycles. The number of thiophene rings is 1. The molecule has 4 nitrogen and oxygen atoms in total. The van der Waals surface area contributed by atoms with Crippen molar-refractivity contribution in [1.82, 2.24) is 9.55 Å². The summed E-state index contributed by atoms with van der Waals surface area (Å²) in [5.74, 6) is 0. The molecular formula is C10H9F3N2O2S. The van der Waals surface area contributed by atoms with Crippen molar-refractivity contribution in [3.8, 4) is 0 Å². The van der Waals surface area contributed by atoms with Gasteiger partial charge in [0.25, 0.3) is 5.56 Å². The van der Waals surface area contributed by atoms with Crippen molar-refractivity contribution >= 4 is 21.6 Å². The highest BCUT2D eigenvalue weighted by atomic mass is 32.1. The molecule has 0 atom stereocenters. The van der Waals surface area contributed by atoms with Crippen molar-refractivity contribution in [1.29, 1.82) is 0 Å². The van der Waals surface area contributed by atoms with Gasteiger partial charge in [0.05, 0.1) is 11.8 Å². The van der Waals surface area contributed by atoms with E-state index in [-0.39, 0.29) is 10.2 Å². The highest BCUT2D eigenvalue weighted by molar-refractivity contribution is 7.17. The van der Waals surface area contributed by atoms with Gasteiger partial charge in [0.1, 0.15) is 4.83 Å². The van der Waals surface area contributed by atoms with Gasteiger partial charge in [0.2, 0.25) is 0 Å². The van der Waals surface area contributed by atoms with Gasteiger partial charge in [0.15, 0.2) is 0 Å². The quantitative estimate of drug-likeness (QED) is 0.913. The van der Waals surface area contributed by atoms with Crippen LogP contribution in [0.4, 0.5) is 13.2 Å². The molecule has 0 saturated heterocycles. The minimum Gasteiger partial charge on any atom is -0.284 e. The number of hydrogen-bond acceptors (Lipinski definition) is 3. The normalized spacial score (nSPS) is 12.2. The van der Waals surface area contributed by atoms with Crippen molar-refractivity contribution in [2.24, 2.45) is 0 Å². The van der Waals surface area contributed by atoms with Crippen molar-refractivity contribution < 1.29 is 13.2 Å². The maximum Gasteiger partial charge on any atom is 0.390 e. The van der Waals surface area contributed by atoms with Crippen LogP contribution in [0, 0.1) is 6.92 Å². The van der Waals surface area contributed by atoms with Crippen LogP contribution < -0.4 is 11.2 Å². The zero-order chi connectivity index (χ0) is 13.5. The second-order valence-electron chi connectivity index (χ2n) is 3.87. The Balaban J connectivity index is 2.57. The van der Waals surface area contributed by atoms with Crippen LogP contribution in [0.2, 0.25) is 0 Å². The lowest BCUT2D eigenvalue weighted by Gasteiger charge is -2.09. The number of halogens is 3. The van der Waals surface area contributed by atoms with Gasteiger partial charge in [-0.1, -0.05) is 0 Å². The van der Waals surface area contributed by atoms with E-state index < -0.39 is 30.4 Å². The van der Waals surface area contributed by atoms with E-state index in [0.29, 0.717) is 5.56 Å². The van der Waals surface area contributed by atoms with E-state index in [4.69, 9.17) is 0 Å².